The predicted molar refractivity (Wildman–Crippen MR) is 95.3 cm³/mol. The van der Waals surface area contributed by atoms with Crippen LogP contribution in [0.4, 0.5) is 11.8 Å². The number of nitrogens with one attached hydrogen (secondary N) is 1. The van der Waals surface area contributed by atoms with Gasteiger partial charge in [0.15, 0.2) is 0 Å². The van der Waals surface area contributed by atoms with E-state index in [1.807, 2.05) is 13.0 Å². The van der Waals surface area contributed by atoms with Crippen LogP contribution in [-0.4, -0.2) is 67.4 Å². The van der Waals surface area contributed by atoms with Crippen LogP contribution in [0.3, 0.4) is 0 Å². The molecular formula is C17H31N5O. The first-order valence-electron chi connectivity index (χ1n) is 8.87. The zero-order chi connectivity index (χ0) is 16.5. The van der Waals surface area contributed by atoms with E-state index in [1.165, 1.54) is 0 Å². The highest BCUT2D eigenvalue weighted by atomic mass is 16.5. The van der Waals surface area contributed by atoms with Crippen LogP contribution in [-0.2, 0) is 4.74 Å². The van der Waals surface area contributed by atoms with E-state index >= 15 is 0 Å². The summed E-state index contributed by atoms with van der Waals surface area (Å²) in [6.45, 7) is 14.1. The number of hydrogen-bond acceptors (Lipinski definition) is 6. The van der Waals surface area contributed by atoms with E-state index in [1.54, 1.807) is 0 Å². The number of hydrogen-bond donors (Lipinski definition) is 1. The first-order chi connectivity index (χ1) is 11.2. The maximum absolute atomic E-state index is 5.38. The van der Waals surface area contributed by atoms with Crippen LogP contribution in [0.15, 0.2) is 6.07 Å². The highest BCUT2D eigenvalue weighted by molar-refractivity contribution is 5.43. The van der Waals surface area contributed by atoms with Gasteiger partial charge in [-0.2, -0.15) is 4.98 Å². The molecule has 0 atom stereocenters. The Morgan fingerprint density at radius 3 is 2.52 bits per heavy atom. The first-order valence-corrected chi connectivity index (χ1v) is 8.87. The molecule has 23 heavy (non-hydrogen) atoms. The molecule has 0 spiro atoms. The summed E-state index contributed by atoms with van der Waals surface area (Å²) in [5.74, 6) is 1.78. The van der Waals surface area contributed by atoms with Crippen molar-refractivity contribution in [2.75, 3.05) is 62.7 Å². The summed E-state index contributed by atoms with van der Waals surface area (Å²) in [6, 6.07) is 2.03. The number of rotatable bonds is 9. The molecule has 1 N–H and O–H groups in total. The van der Waals surface area contributed by atoms with Crippen molar-refractivity contribution in [3.8, 4) is 0 Å². The van der Waals surface area contributed by atoms with Gasteiger partial charge in [-0.3, -0.25) is 4.90 Å². The predicted octanol–water partition coefficient (Wildman–Crippen LogP) is 2.16. The number of morpholine rings is 1. The standard InChI is InChI=1S/C17H31N5O/c1-4-7-22(8-5-2)17-19-15(3)14-16(20-17)18-6-9-21-10-12-23-13-11-21/h14H,4-13H2,1-3H3,(H,18,19,20). The van der Waals surface area contributed by atoms with Crippen LogP contribution < -0.4 is 10.2 Å². The lowest BCUT2D eigenvalue weighted by atomic mass is 10.3. The molecule has 2 heterocycles. The molecule has 0 aliphatic carbocycles. The molecule has 0 saturated carbocycles. The van der Waals surface area contributed by atoms with Crippen LogP contribution in [0.25, 0.3) is 0 Å². The second kappa shape index (κ2) is 9.67. The van der Waals surface area contributed by atoms with E-state index < -0.39 is 0 Å². The Kier molecular flexibility index (Phi) is 7.55. The van der Waals surface area contributed by atoms with Crippen LogP contribution in [0.1, 0.15) is 32.4 Å². The molecule has 6 heteroatoms. The van der Waals surface area contributed by atoms with Gasteiger partial charge in [-0.05, 0) is 19.8 Å². The lowest BCUT2D eigenvalue weighted by Gasteiger charge is -2.26. The minimum Gasteiger partial charge on any atom is -0.379 e. The molecule has 0 bridgehead atoms. The SMILES string of the molecule is CCCN(CCC)c1nc(C)cc(NCCN2CCOCC2)n1. The fourth-order valence-electron chi connectivity index (χ4n) is 2.80. The van der Waals surface area contributed by atoms with Gasteiger partial charge in [-0.15, -0.1) is 0 Å². The van der Waals surface area contributed by atoms with Crippen LogP contribution in [0.5, 0.6) is 0 Å². The zero-order valence-electron chi connectivity index (χ0n) is 14.8. The molecule has 1 saturated heterocycles. The summed E-state index contributed by atoms with van der Waals surface area (Å²) in [7, 11) is 0. The molecule has 6 nitrogen and oxygen atoms in total. The van der Waals surface area contributed by atoms with E-state index in [0.717, 1.165) is 82.8 Å². The van der Waals surface area contributed by atoms with Gasteiger partial charge < -0.3 is 15.0 Å². The van der Waals surface area contributed by atoms with Crippen molar-refractivity contribution in [3.63, 3.8) is 0 Å². The van der Waals surface area contributed by atoms with Crippen molar-refractivity contribution in [2.24, 2.45) is 0 Å². The Hall–Kier alpha value is -1.40. The van der Waals surface area contributed by atoms with E-state index in [2.05, 4.69) is 33.9 Å². The van der Waals surface area contributed by atoms with Gasteiger partial charge in [0.2, 0.25) is 5.95 Å². The quantitative estimate of drug-likeness (QED) is 0.752. The minimum absolute atomic E-state index is 0.847. The normalized spacial score (nSPS) is 15.6. The number of nitrogens with zero attached hydrogens (tertiary/aromatic N) is 4. The summed E-state index contributed by atoms with van der Waals surface area (Å²) in [5.41, 5.74) is 1.01. The molecule has 0 aromatic carbocycles. The summed E-state index contributed by atoms with van der Waals surface area (Å²) in [6.07, 6.45) is 2.22. The highest BCUT2D eigenvalue weighted by Crippen LogP contribution is 2.14. The number of aromatic nitrogens is 2. The Labute approximate surface area is 140 Å². The Morgan fingerprint density at radius 1 is 1.17 bits per heavy atom. The van der Waals surface area contributed by atoms with Gasteiger partial charge >= 0.3 is 0 Å². The Bertz CT molecular complexity index is 456. The van der Waals surface area contributed by atoms with Crippen LogP contribution in [0.2, 0.25) is 0 Å². The highest BCUT2D eigenvalue weighted by Gasteiger charge is 2.12. The summed E-state index contributed by atoms with van der Waals surface area (Å²) < 4.78 is 5.38. The van der Waals surface area contributed by atoms with E-state index in [9.17, 15) is 0 Å². The molecule has 1 aromatic rings. The Morgan fingerprint density at radius 2 is 1.87 bits per heavy atom. The average Bonchev–Trinajstić information content (AvgIpc) is 2.55. The molecule has 130 valence electrons. The molecule has 0 unspecified atom stereocenters. The Balaban J connectivity index is 1.92. The first kappa shape index (κ1) is 17.9. The second-order valence-electron chi connectivity index (χ2n) is 6.06. The van der Waals surface area contributed by atoms with Gasteiger partial charge in [0.1, 0.15) is 5.82 Å². The molecule has 0 amide bonds. The third-order valence-corrected chi connectivity index (χ3v) is 3.95. The second-order valence-corrected chi connectivity index (χ2v) is 6.06. The van der Waals surface area contributed by atoms with Crippen molar-refractivity contribution in [2.45, 2.75) is 33.6 Å². The largest absolute Gasteiger partial charge is 0.379 e. The van der Waals surface area contributed by atoms with Gasteiger partial charge in [-0.25, -0.2) is 4.98 Å². The number of anilines is 2. The molecule has 1 fully saturated rings. The third-order valence-electron chi connectivity index (χ3n) is 3.95. The van der Waals surface area contributed by atoms with Crippen molar-refractivity contribution < 1.29 is 4.74 Å². The third kappa shape index (κ3) is 5.95. The van der Waals surface area contributed by atoms with Gasteiger partial charge in [0, 0.05) is 51.0 Å². The minimum atomic E-state index is 0.847. The lowest BCUT2D eigenvalue weighted by molar-refractivity contribution is 0.0398. The topological polar surface area (TPSA) is 53.5 Å². The number of aryl methyl sites for hydroxylation is 1. The van der Waals surface area contributed by atoms with Crippen molar-refractivity contribution in [3.05, 3.63) is 11.8 Å². The van der Waals surface area contributed by atoms with Gasteiger partial charge in [0.05, 0.1) is 13.2 Å². The summed E-state index contributed by atoms with van der Waals surface area (Å²) in [4.78, 5) is 14.0. The maximum atomic E-state index is 5.38. The fraction of sp³-hybridized carbons (Fsp3) is 0.765. The van der Waals surface area contributed by atoms with Crippen molar-refractivity contribution in [1.29, 1.82) is 0 Å². The van der Waals surface area contributed by atoms with Gasteiger partial charge in [0.25, 0.3) is 0 Å². The van der Waals surface area contributed by atoms with E-state index in [4.69, 9.17) is 9.72 Å². The summed E-state index contributed by atoms with van der Waals surface area (Å²) in [5, 5.41) is 3.45. The van der Waals surface area contributed by atoms with Gasteiger partial charge in [-0.1, -0.05) is 13.8 Å². The molecular weight excluding hydrogens is 290 g/mol. The molecule has 1 aliphatic heterocycles. The maximum Gasteiger partial charge on any atom is 0.227 e. The zero-order valence-corrected chi connectivity index (χ0v) is 14.8. The fourth-order valence-corrected chi connectivity index (χ4v) is 2.80. The molecule has 2 rings (SSSR count). The number of ether oxygens (including phenoxy) is 1. The molecule has 0 radical (unpaired) electrons. The van der Waals surface area contributed by atoms with E-state index in [0.29, 0.717) is 0 Å². The smallest absolute Gasteiger partial charge is 0.227 e. The molecule has 1 aromatic heterocycles. The van der Waals surface area contributed by atoms with E-state index in [-0.39, 0.29) is 0 Å². The molecule has 1 aliphatic rings. The van der Waals surface area contributed by atoms with Crippen LogP contribution in [0, 0.1) is 6.92 Å². The lowest BCUT2D eigenvalue weighted by Crippen LogP contribution is -2.39. The monoisotopic (exact) mass is 321 g/mol. The average molecular weight is 321 g/mol. The van der Waals surface area contributed by atoms with Crippen molar-refractivity contribution in [1.82, 2.24) is 14.9 Å². The van der Waals surface area contributed by atoms with Crippen LogP contribution >= 0.6 is 0 Å². The summed E-state index contributed by atoms with van der Waals surface area (Å²) >= 11 is 0. The van der Waals surface area contributed by atoms with Crippen molar-refractivity contribution >= 4 is 11.8 Å².